The number of anilines is 2. The number of aryl methyl sites for hydroxylation is 1. The molecule has 6 heteroatoms. The minimum atomic E-state index is -0.961. The number of carboxylic acid groups (broad SMARTS) is 1. The van der Waals surface area contributed by atoms with E-state index in [0.29, 0.717) is 18.9 Å². The number of carboxylic acids is 1. The molecule has 3 aromatic rings. The summed E-state index contributed by atoms with van der Waals surface area (Å²) in [6.45, 7) is 3.11. The molecule has 1 aliphatic heterocycles. The van der Waals surface area contributed by atoms with Crippen LogP contribution in [-0.4, -0.2) is 29.3 Å². The standard InChI is InChI=1S/C22H19BrN2O3/c1-13-2-4-20(17(10-13)22(26)27)25-21-16-11-15(23)3-5-19(16)24-12-18(21)14-6-8-28-9-7-14/h2-6,10-12H,7-9H2,1H3,(H,24,25)(H,26,27). The molecule has 0 saturated carbocycles. The molecule has 4 rings (SSSR count). The Balaban J connectivity index is 1.92. The van der Waals surface area contributed by atoms with E-state index in [-0.39, 0.29) is 5.56 Å². The molecule has 2 N–H and O–H groups in total. The zero-order chi connectivity index (χ0) is 19.7. The first-order valence-electron chi connectivity index (χ1n) is 8.99. The van der Waals surface area contributed by atoms with Gasteiger partial charge in [0, 0.05) is 21.6 Å². The Morgan fingerprint density at radius 1 is 1.25 bits per heavy atom. The number of nitrogens with zero attached hydrogens (tertiary/aromatic N) is 1. The molecule has 0 spiro atoms. The molecule has 1 aliphatic rings. The fraction of sp³-hybridized carbons (Fsp3) is 0.182. The van der Waals surface area contributed by atoms with Gasteiger partial charge in [-0.3, -0.25) is 4.98 Å². The van der Waals surface area contributed by atoms with Gasteiger partial charge in [-0.25, -0.2) is 4.79 Å². The lowest BCUT2D eigenvalue weighted by Gasteiger charge is -2.20. The maximum atomic E-state index is 11.8. The van der Waals surface area contributed by atoms with Crippen LogP contribution in [0.25, 0.3) is 16.5 Å². The van der Waals surface area contributed by atoms with Crippen molar-refractivity contribution in [2.75, 3.05) is 18.5 Å². The first-order valence-corrected chi connectivity index (χ1v) is 9.78. The van der Waals surface area contributed by atoms with E-state index in [1.165, 1.54) is 0 Å². The molecule has 1 aromatic heterocycles. The van der Waals surface area contributed by atoms with E-state index >= 15 is 0 Å². The number of rotatable bonds is 4. The van der Waals surface area contributed by atoms with E-state index in [1.54, 1.807) is 6.07 Å². The van der Waals surface area contributed by atoms with Gasteiger partial charge >= 0.3 is 5.97 Å². The Labute approximate surface area is 171 Å². The van der Waals surface area contributed by atoms with Crippen molar-refractivity contribution in [1.29, 1.82) is 0 Å². The summed E-state index contributed by atoms with van der Waals surface area (Å²) in [6.07, 6.45) is 4.70. The molecule has 28 heavy (non-hydrogen) atoms. The zero-order valence-corrected chi connectivity index (χ0v) is 16.9. The van der Waals surface area contributed by atoms with Gasteiger partial charge in [0.2, 0.25) is 0 Å². The van der Waals surface area contributed by atoms with E-state index in [1.807, 2.05) is 43.5 Å². The van der Waals surface area contributed by atoms with Gasteiger partial charge in [0.25, 0.3) is 0 Å². The number of halogens is 1. The minimum Gasteiger partial charge on any atom is -0.478 e. The second kappa shape index (κ2) is 7.73. The molecular weight excluding hydrogens is 420 g/mol. The van der Waals surface area contributed by atoms with Crippen LogP contribution in [0.1, 0.15) is 27.9 Å². The summed E-state index contributed by atoms with van der Waals surface area (Å²) < 4.78 is 6.38. The topological polar surface area (TPSA) is 71.5 Å². The third-order valence-electron chi connectivity index (χ3n) is 4.80. The van der Waals surface area contributed by atoms with Crippen molar-refractivity contribution in [3.63, 3.8) is 0 Å². The largest absolute Gasteiger partial charge is 0.478 e. The molecule has 0 unspecified atom stereocenters. The predicted octanol–water partition coefficient (Wildman–Crippen LogP) is 5.55. The van der Waals surface area contributed by atoms with Crippen molar-refractivity contribution in [3.05, 3.63) is 69.8 Å². The van der Waals surface area contributed by atoms with Gasteiger partial charge in [0.1, 0.15) is 0 Å². The highest BCUT2D eigenvalue weighted by Gasteiger charge is 2.18. The maximum Gasteiger partial charge on any atom is 0.337 e. The van der Waals surface area contributed by atoms with Crippen LogP contribution in [0.3, 0.4) is 0 Å². The predicted molar refractivity (Wildman–Crippen MR) is 114 cm³/mol. The average molecular weight is 439 g/mol. The highest BCUT2D eigenvalue weighted by atomic mass is 79.9. The summed E-state index contributed by atoms with van der Waals surface area (Å²) in [7, 11) is 0. The number of pyridine rings is 1. The van der Waals surface area contributed by atoms with Gasteiger partial charge in [0.05, 0.1) is 35.7 Å². The number of aromatic nitrogens is 1. The van der Waals surface area contributed by atoms with Crippen molar-refractivity contribution in [2.24, 2.45) is 0 Å². The summed E-state index contributed by atoms with van der Waals surface area (Å²) in [6, 6.07) is 11.3. The van der Waals surface area contributed by atoms with Gasteiger partial charge in [0.15, 0.2) is 0 Å². The number of benzene rings is 2. The Kier molecular flexibility index (Phi) is 5.15. The van der Waals surface area contributed by atoms with E-state index in [4.69, 9.17) is 4.74 Å². The van der Waals surface area contributed by atoms with Crippen molar-refractivity contribution in [3.8, 4) is 0 Å². The van der Waals surface area contributed by atoms with E-state index in [2.05, 4.69) is 32.3 Å². The normalized spacial score (nSPS) is 14.0. The summed E-state index contributed by atoms with van der Waals surface area (Å²) in [5.41, 5.74) is 5.50. The second-order valence-corrected chi connectivity index (χ2v) is 7.66. The molecule has 2 heterocycles. The second-order valence-electron chi connectivity index (χ2n) is 6.74. The van der Waals surface area contributed by atoms with Crippen molar-refractivity contribution in [2.45, 2.75) is 13.3 Å². The van der Waals surface area contributed by atoms with Crippen LogP contribution in [-0.2, 0) is 4.74 Å². The molecule has 0 amide bonds. The first-order chi connectivity index (χ1) is 13.5. The molecule has 0 saturated heterocycles. The molecule has 0 bridgehead atoms. The highest BCUT2D eigenvalue weighted by Crippen LogP contribution is 2.37. The SMILES string of the molecule is Cc1ccc(Nc2c(C3=CCOCC3)cnc3ccc(Br)cc23)c(C(=O)O)c1. The minimum absolute atomic E-state index is 0.242. The van der Waals surface area contributed by atoms with Gasteiger partial charge in [-0.05, 0) is 49.2 Å². The molecule has 0 fully saturated rings. The Morgan fingerprint density at radius 2 is 2.11 bits per heavy atom. The fourth-order valence-corrected chi connectivity index (χ4v) is 3.75. The lowest BCUT2D eigenvalue weighted by atomic mass is 9.98. The Hall–Kier alpha value is -2.70. The van der Waals surface area contributed by atoms with E-state index in [0.717, 1.165) is 44.2 Å². The van der Waals surface area contributed by atoms with E-state index in [9.17, 15) is 9.90 Å². The molecular formula is C22H19BrN2O3. The number of hydrogen-bond donors (Lipinski definition) is 2. The smallest absolute Gasteiger partial charge is 0.337 e. The number of hydrogen-bond acceptors (Lipinski definition) is 4. The highest BCUT2D eigenvalue weighted by molar-refractivity contribution is 9.10. The summed E-state index contributed by atoms with van der Waals surface area (Å²) in [4.78, 5) is 16.4. The molecule has 142 valence electrons. The van der Waals surface area contributed by atoms with Crippen LogP contribution in [0.15, 0.2) is 53.1 Å². The average Bonchev–Trinajstić information content (AvgIpc) is 2.70. The molecule has 2 aromatic carbocycles. The fourth-order valence-electron chi connectivity index (χ4n) is 3.39. The number of ether oxygens (including phenoxy) is 1. The van der Waals surface area contributed by atoms with E-state index < -0.39 is 5.97 Å². The van der Waals surface area contributed by atoms with Crippen LogP contribution in [0.5, 0.6) is 0 Å². The van der Waals surface area contributed by atoms with Crippen molar-refractivity contribution >= 4 is 49.8 Å². The van der Waals surface area contributed by atoms with Gasteiger partial charge < -0.3 is 15.2 Å². The lowest BCUT2D eigenvalue weighted by molar-refractivity contribution is 0.0698. The maximum absolute atomic E-state index is 11.8. The molecule has 0 aliphatic carbocycles. The van der Waals surface area contributed by atoms with Gasteiger partial charge in [-0.2, -0.15) is 0 Å². The Bertz CT molecular complexity index is 1110. The Morgan fingerprint density at radius 3 is 2.86 bits per heavy atom. The van der Waals surface area contributed by atoms with Crippen LogP contribution in [0.2, 0.25) is 0 Å². The number of carbonyl (C=O) groups is 1. The van der Waals surface area contributed by atoms with Gasteiger partial charge in [-0.1, -0.05) is 33.6 Å². The molecule has 5 nitrogen and oxygen atoms in total. The molecule has 0 radical (unpaired) electrons. The lowest BCUT2D eigenvalue weighted by Crippen LogP contribution is -2.08. The monoisotopic (exact) mass is 438 g/mol. The quantitative estimate of drug-likeness (QED) is 0.558. The number of nitrogens with one attached hydrogen (secondary N) is 1. The van der Waals surface area contributed by atoms with Crippen LogP contribution < -0.4 is 5.32 Å². The van der Waals surface area contributed by atoms with Crippen LogP contribution in [0, 0.1) is 6.92 Å². The van der Waals surface area contributed by atoms with Crippen molar-refractivity contribution < 1.29 is 14.6 Å². The van der Waals surface area contributed by atoms with Crippen LogP contribution >= 0.6 is 15.9 Å². The third kappa shape index (κ3) is 3.66. The van der Waals surface area contributed by atoms with Gasteiger partial charge in [-0.15, -0.1) is 0 Å². The van der Waals surface area contributed by atoms with Crippen molar-refractivity contribution in [1.82, 2.24) is 4.98 Å². The summed E-state index contributed by atoms with van der Waals surface area (Å²) in [5.74, 6) is -0.961. The third-order valence-corrected chi connectivity index (χ3v) is 5.30. The zero-order valence-electron chi connectivity index (χ0n) is 15.3. The first kappa shape index (κ1) is 18.7. The number of fused-ring (bicyclic) bond motifs is 1. The summed E-state index contributed by atoms with van der Waals surface area (Å²) in [5, 5.41) is 14.0. The molecule has 0 atom stereocenters. The summed E-state index contributed by atoms with van der Waals surface area (Å²) >= 11 is 3.54. The number of aromatic carboxylic acids is 1. The van der Waals surface area contributed by atoms with Crippen LogP contribution in [0.4, 0.5) is 11.4 Å².